The smallest absolute Gasteiger partial charge is 0.319 e. The van der Waals surface area contributed by atoms with E-state index in [-0.39, 0.29) is 6.03 Å². The molecule has 0 saturated carbocycles. The van der Waals surface area contributed by atoms with Crippen LogP contribution in [-0.2, 0) is 0 Å². The summed E-state index contributed by atoms with van der Waals surface area (Å²) in [6.45, 7) is 14.4. The summed E-state index contributed by atoms with van der Waals surface area (Å²) >= 11 is 0. The Morgan fingerprint density at radius 1 is 0.897 bits per heavy atom. The number of amides is 2. The molecule has 1 aliphatic heterocycles. The minimum Gasteiger partial charge on any atom is -0.369 e. The second-order valence-electron chi connectivity index (χ2n) is 8.17. The van der Waals surface area contributed by atoms with Crippen LogP contribution in [0.5, 0.6) is 0 Å². The number of nitrogens with zero attached hydrogens (tertiary/aromatic N) is 2. The maximum absolute atomic E-state index is 12.1. The Morgan fingerprint density at radius 3 is 2.31 bits per heavy atom. The predicted molar refractivity (Wildman–Crippen MR) is 122 cm³/mol. The second-order valence-corrected chi connectivity index (χ2v) is 8.17. The van der Waals surface area contributed by atoms with Crippen LogP contribution in [0.25, 0.3) is 0 Å². The Bertz CT molecular complexity index is 841. The SMILES string of the molecule is Cc1ccc(NC(=O)NCCCN2CCN(c3cc(C)ccc3C)CC2)c(C)c1. The van der Waals surface area contributed by atoms with Gasteiger partial charge in [0.05, 0.1) is 0 Å². The minimum absolute atomic E-state index is 0.128. The van der Waals surface area contributed by atoms with Crippen LogP contribution < -0.4 is 15.5 Å². The standard InChI is InChI=1S/C24H34N4O/c1-18-7-9-22(21(4)16-18)26-24(29)25-10-5-11-27-12-14-28(15-13-27)23-17-19(2)6-8-20(23)3/h6-9,16-17H,5,10-15H2,1-4H3,(H2,25,26,29). The van der Waals surface area contributed by atoms with Crippen molar-refractivity contribution in [1.29, 1.82) is 0 Å². The van der Waals surface area contributed by atoms with Crippen molar-refractivity contribution in [1.82, 2.24) is 10.2 Å². The van der Waals surface area contributed by atoms with E-state index in [1.54, 1.807) is 0 Å². The van der Waals surface area contributed by atoms with E-state index in [2.05, 4.69) is 65.5 Å². The molecule has 2 N–H and O–H groups in total. The Labute approximate surface area is 175 Å². The van der Waals surface area contributed by atoms with Crippen molar-refractivity contribution in [2.75, 3.05) is 49.5 Å². The summed E-state index contributed by atoms with van der Waals surface area (Å²) in [5.41, 5.74) is 7.19. The molecule has 0 radical (unpaired) electrons. The molecule has 29 heavy (non-hydrogen) atoms. The molecule has 5 nitrogen and oxygen atoms in total. The van der Waals surface area contributed by atoms with Gasteiger partial charge in [-0.15, -0.1) is 0 Å². The quantitative estimate of drug-likeness (QED) is 0.720. The molecular formula is C24H34N4O. The summed E-state index contributed by atoms with van der Waals surface area (Å²) in [5, 5.41) is 5.91. The van der Waals surface area contributed by atoms with Crippen molar-refractivity contribution in [3.8, 4) is 0 Å². The Hall–Kier alpha value is -2.53. The largest absolute Gasteiger partial charge is 0.369 e. The van der Waals surface area contributed by atoms with Gasteiger partial charge < -0.3 is 15.5 Å². The van der Waals surface area contributed by atoms with Gasteiger partial charge in [-0.2, -0.15) is 0 Å². The molecule has 0 atom stereocenters. The summed E-state index contributed by atoms with van der Waals surface area (Å²) in [4.78, 5) is 17.1. The Kier molecular flexibility index (Phi) is 7.15. The first-order chi connectivity index (χ1) is 13.9. The Morgan fingerprint density at radius 2 is 1.59 bits per heavy atom. The van der Waals surface area contributed by atoms with Crippen LogP contribution in [0.1, 0.15) is 28.7 Å². The van der Waals surface area contributed by atoms with E-state index >= 15 is 0 Å². The average Bonchev–Trinajstić information content (AvgIpc) is 2.70. The molecule has 0 aliphatic carbocycles. The monoisotopic (exact) mass is 394 g/mol. The summed E-state index contributed by atoms with van der Waals surface area (Å²) < 4.78 is 0. The van der Waals surface area contributed by atoms with Crippen molar-refractivity contribution in [2.24, 2.45) is 0 Å². The van der Waals surface area contributed by atoms with Gasteiger partial charge in [0.1, 0.15) is 0 Å². The van der Waals surface area contributed by atoms with Crippen LogP contribution in [0.4, 0.5) is 16.2 Å². The van der Waals surface area contributed by atoms with Crippen molar-refractivity contribution in [3.05, 3.63) is 58.7 Å². The molecule has 0 bridgehead atoms. The maximum Gasteiger partial charge on any atom is 0.319 e. The number of nitrogens with one attached hydrogen (secondary N) is 2. The first-order valence-corrected chi connectivity index (χ1v) is 10.6. The molecule has 1 aliphatic rings. The van der Waals surface area contributed by atoms with Gasteiger partial charge in [0, 0.05) is 44.1 Å². The lowest BCUT2D eigenvalue weighted by Crippen LogP contribution is -2.47. The van der Waals surface area contributed by atoms with E-state index in [1.165, 1.54) is 22.4 Å². The van der Waals surface area contributed by atoms with Crippen LogP contribution in [0.2, 0.25) is 0 Å². The first-order valence-electron chi connectivity index (χ1n) is 10.6. The van der Waals surface area contributed by atoms with Crippen LogP contribution in [0.15, 0.2) is 36.4 Å². The van der Waals surface area contributed by atoms with Crippen LogP contribution >= 0.6 is 0 Å². The topological polar surface area (TPSA) is 47.6 Å². The number of hydrogen-bond acceptors (Lipinski definition) is 3. The van der Waals surface area contributed by atoms with E-state index in [0.717, 1.165) is 50.4 Å². The number of benzene rings is 2. The molecule has 2 aromatic rings. The third-order valence-electron chi connectivity index (χ3n) is 5.64. The highest BCUT2D eigenvalue weighted by atomic mass is 16.2. The maximum atomic E-state index is 12.1. The average molecular weight is 395 g/mol. The van der Waals surface area contributed by atoms with Crippen molar-refractivity contribution in [3.63, 3.8) is 0 Å². The zero-order valence-electron chi connectivity index (χ0n) is 18.2. The van der Waals surface area contributed by atoms with Gasteiger partial charge in [-0.1, -0.05) is 29.8 Å². The number of carbonyl (C=O) groups excluding carboxylic acids is 1. The van der Waals surface area contributed by atoms with Crippen LogP contribution in [-0.4, -0.2) is 50.2 Å². The molecule has 0 aromatic heterocycles. The van der Waals surface area contributed by atoms with E-state index in [9.17, 15) is 4.79 Å². The normalized spacial score (nSPS) is 14.7. The molecule has 2 amide bonds. The summed E-state index contributed by atoms with van der Waals surface area (Å²) in [5.74, 6) is 0. The number of piperazine rings is 1. The lowest BCUT2D eigenvalue weighted by molar-refractivity contribution is 0.244. The van der Waals surface area contributed by atoms with Gasteiger partial charge >= 0.3 is 6.03 Å². The van der Waals surface area contributed by atoms with Gasteiger partial charge in [0.2, 0.25) is 0 Å². The third-order valence-corrected chi connectivity index (χ3v) is 5.64. The number of rotatable bonds is 6. The highest BCUT2D eigenvalue weighted by Crippen LogP contribution is 2.22. The fourth-order valence-electron chi connectivity index (χ4n) is 3.90. The fourth-order valence-corrected chi connectivity index (χ4v) is 3.90. The lowest BCUT2D eigenvalue weighted by atomic mass is 10.1. The fraction of sp³-hybridized carbons (Fsp3) is 0.458. The van der Waals surface area contributed by atoms with Crippen molar-refractivity contribution >= 4 is 17.4 Å². The van der Waals surface area contributed by atoms with Crippen molar-refractivity contribution < 1.29 is 4.79 Å². The van der Waals surface area contributed by atoms with E-state index in [1.807, 2.05) is 19.1 Å². The number of hydrogen-bond donors (Lipinski definition) is 2. The van der Waals surface area contributed by atoms with Crippen LogP contribution in [0.3, 0.4) is 0 Å². The highest BCUT2D eigenvalue weighted by Gasteiger charge is 2.18. The molecule has 1 fully saturated rings. The number of urea groups is 1. The minimum atomic E-state index is -0.128. The summed E-state index contributed by atoms with van der Waals surface area (Å²) in [7, 11) is 0. The molecule has 0 spiro atoms. The van der Waals surface area contributed by atoms with E-state index in [4.69, 9.17) is 0 Å². The highest BCUT2D eigenvalue weighted by molar-refractivity contribution is 5.90. The van der Waals surface area contributed by atoms with Gasteiger partial charge in [0.15, 0.2) is 0 Å². The zero-order chi connectivity index (χ0) is 20.8. The van der Waals surface area contributed by atoms with Gasteiger partial charge in [0.25, 0.3) is 0 Å². The second kappa shape index (κ2) is 9.79. The number of carbonyl (C=O) groups is 1. The van der Waals surface area contributed by atoms with Gasteiger partial charge in [-0.25, -0.2) is 4.79 Å². The molecule has 1 heterocycles. The first kappa shape index (κ1) is 21.2. The van der Waals surface area contributed by atoms with Crippen molar-refractivity contribution in [2.45, 2.75) is 34.1 Å². The Balaban J connectivity index is 1.35. The molecule has 156 valence electrons. The predicted octanol–water partition coefficient (Wildman–Crippen LogP) is 4.25. The molecule has 2 aromatic carbocycles. The van der Waals surface area contributed by atoms with Crippen LogP contribution in [0, 0.1) is 27.7 Å². The van der Waals surface area contributed by atoms with Gasteiger partial charge in [-0.05, 0) is 69.5 Å². The van der Waals surface area contributed by atoms with E-state index < -0.39 is 0 Å². The lowest BCUT2D eigenvalue weighted by Gasteiger charge is -2.37. The van der Waals surface area contributed by atoms with Gasteiger partial charge in [-0.3, -0.25) is 4.90 Å². The summed E-state index contributed by atoms with van der Waals surface area (Å²) in [6.07, 6.45) is 0.962. The third kappa shape index (κ3) is 5.97. The van der Waals surface area contributed by atoms with E-state index in [0.29, 0.717) is 6.54 Å². The molecule has 0 unspecified atom stereocenters. The number of anilines is 2. The molecule has 5 heteroatoms. The molecule has 1 saturated heterocycles. The molecule has 3 rings (SSSR count). The number of aryl methyl sites for hydroxylation is 4. The summed E-state index contributed by atoms with van der Waals surface area (Å²) in [6, 6.07) is 12.6. The zero-order valence-corrected chi connectivity index (χ0v) is 18.2. The molecular weight excluding hydrogens is 360 g/mol.